The van der Waals surface area contributed by atoms with Crippen LogP contribution in [0.15, 0.2) is 36.7 Å². The lowest BCUT2D eigenvalue weighted by molar-refractivity contribution is -0.124. The molecule has 1 aliphatic rings. The van der Waals surface area contributed by atoms with Crippen LogP contribution in [0, 0.1) is 12.3 Å². The molecule has 0 unspecified atom stereocenters. The Kier molecular flexibility index (Phi) is 3.55. The van der Waals surface area contributed by atoms with E-state index < -0.39 is 0 Å². The first kappa shape index (κ1) is 14.8. The predicted octanol–water partition coefficient (Wildman–Crippen LogP) is 2.74. The smallest absolute Gasteiger partial charge is 0.231 e. The lowest BCUT2D eigenvalue weighted by Crippen LogP contribution is -2.38. The summed E-state index contributed by atoms with van der Waals surface area (Å²) >= 11 is 0. The summed E-state index contributed by atoms with van der Waals surface area (Å²) in [6, 6.07) is 8.37. The van der Waals surface area contributed by atoms with E-state index in [0.717, 1.165) is 24.0 Å². The van der Waals surface area contributed by atoms with Crippen LogP contribution in [0.2, 0.25) is 0 Å². The number of benzene rings is 1. The maximum atomic E-state index is 12.8. The van der Waals surface area contributed by atoms with E-state index in [1.54, 1.807) is 6.20 Å². The standard InChI is InChI=1S/C18H23N3O/c1-13-4-6-15(7-5-13)18(12-17(18,2)3)16(22)19-9-8-14-10-20-21-11-14/h4-7,10-11H,8-9,12H2,1-3H3,(H,19,22)(H,20,21)/t18-/m0/s1. The molecule has 0 aliphatic heterocycles. The maximum Gasteiger partial charge on any atom is 0.231 e. The molecule has 2 N–H and O–H groups in total. The zero-order valence-electron chi connectivity index (χ0n) is 13.4. The molecule has 1 atom stereocenters. The third-order valence-corrected chi connectivity index (χ3v) is 4.92. The summed E-state index contributed by atoms with van der Waals surface area (Å²) in [5.41, 5.74) is 3.10. The van der Waals surface area contributed by atoms with E-state index in [1.165, 1.54) is 5.56 Å². The quantitative estimate of drug-likeness (QED) is 0.891. The zero-order chi connectivity index (χ0) is 15.8. The first-order valence-electron chi connectivity index (χ1n) is 7.79. The number of rotatable bonds is 5. The molecule has 116 valence electrons. The normalized spacial score (nSPS) is 22.3. The van der Waals surface area contributed by atoms with Crippen LogP contribution >= 0.6 is 0 Å². The fourth-order valence-corrected chi connectivity index (χ4v) is 3.35. The maximum absolute atomic E-state index is 12.8. The van der Waals surface area contributed by atoms with E-state index in [9.17, 15) is 4.79 Å². The van der Waals surface area contributed by atoms with Gasteiger partial charge in [-0.3, -0.25) is 9.89 Å². The zero-order valence-corrected chi connectivity index (χ0v) is 13.4. The third-order valence-electron chi connectivity index (χ3n) is 4.92. The van der Waals surface area contributed by atoms with E-state index in [-0.39, 0.29) is 16.7 Å². The highest BCUT2D eigenvalue weighted by molar-refractivity contribution is 5.93. The van der Waals surface area contributed by atoms with Gasteiger partial charge < -0.3 is 5.32 Å². The fraction of sp³-hybridized carbons (Fsp3) is 0.444. The minimum atomic E-state index is -0.378. The van der Waals surface area contributed by atoms with Crippen LogP contribution in [-0.2, 0) is 16.6 Å². The van der Waals surface area contributed by atoms with Crippen LogP contribution in [0.3, 0.4) is 0 Å². The lowest BCUT2D eigenvalue weighted by atomic mass is 9.86. The molecule has 22 heavy (non-hydrogen) atoms. The minimum absolute atomic E-state index is 0.0159. The van der Waals surface area contributed by atoms with Crippen molar-refractivity contribution in [2.45, 2.75) is 39.0 Å². The first-order chi connectivity index (χ1) is 10.5. The molecular weight excluding hydrogens is 274 g/mol. The van der Waals surface area contributed by atoms with Crippen LogP contribution < -0.4 is 5.32 Å². The lowest BCUT2D eigenvalue weighted by Gasteiger charge is -2.21. The summed E-state index contributed by atoms with van der Waals surface area (Å²) in [5, 5.41) is 9.83. The van der Waals surface area contributed by atoms with Crippen LogP contribution in [0.4, 0.5) is 0 Å². The Labute approximate surface area is 131 Å². The van der Waals surface area contributed by atoms with E-state index in [4.69, 9.17) is 0 Å². The molecule has 2 aromatic rings. The number of H-pyrrole nitrogens is 1. The number of nitrogens with zero attached hydrogens (tertiary/aromatic N) is 1. The highest BCUT2D eigenvalue weighted by Gasteiger charge is 2.66. The Morgan fingerprint density at radius 3 is 2.55 bits per heavy atom. The summed E-state index contributed by atoms with van der Waals surface area (Å²) in [6.07, 6.45) is 5.36. The molecule has 1 saturated carbocycles. The number of nitrogens with one attached hydrogen (secondary N) is 2. The van der Waals surface area contributed by atoms with Gasteiger partial charge in [-0.05, 0) is 36.3 Å². The van der Waals surface area contributed by atoms with Gasteiger partial charge in [-0.2, -0.15) is 5.10 Å². The van der Waals surface area contributed by atoms with Gasteiger partial charge in [0, 0.05) is 12.7 Å². The van der Waals surface area contributed by atoms with E-state index in [0.29, 0.717) is 6.54 Å². The summed E-state index contributed by atoms with van der Waals surface area (Å²) in [6.45, 7) is 7.05. The number of carbonyl (C=O) groups excluding carboxylic acids is 1. The Hall–Kier alpha value is -2.10. The van der Waals surface area contributed by atoms with Crippen LogP contribution in [0.1, 0.15) is 37.0 Å². The van der Waals surface area contributed by atoms with Crippen molar-refractivity contribution >= 4 is 5.91 Å². The van der Waals surface area contributed by atoms with Crippen LogP contribution in [0.25, 0.3) is 0 Å². The molecule has 1 aliphatic carbocycles. The van der Waals surface area contributed by atoms with Crippen molar-refractivity contribution in [2.75, 3.05) is 6.54 Å². The van der Waals surface area contributed by atoms with Gasteiger partial charge in [-0.15, -0.1) is 0 Å². The molecule has 0 saturated heterocycles. The minimum Gasteiger partial charge on any atom is -0.355 e. The molecule has 1 heterocycles. The van der Waals surface area contributed by atoms with E-state index >= 15 is 0 Å². The second kappa shape index (κ2) is 5.27. The van der Waals surface area contributed by atoms with Gasteiger partial charge in [0.2, 0.25) is 5.91 Å². The Morgan fingerprint density at radius 1 is 1.32 bits per heavy atom. The number of hydrogen-bond acceptors (Lipinski definition) is 2. The highest BCUT2D eigenvalue weighted by atomic mass is 16.2. The van der Waals surface area contributed by atoms with Crippen molar-refractivity contribution < 1.29 is 4.79 Å². The van der Waals surface area contributed by atoms with Gasteiger partial charge in [0.15, 0.2) is 0 Å². The number of carbonyl (C=O) groups is 1. The van der Waals surface area contributed by atoms with Gasteiger partial charge in [0.25, 0.3) is 0 Å². The third kappa shape index (κ3) is 2.43. The number of aryl methyl sites for hydroxylation is 1. The van der Waals surface area contributed by atoms with Crippen molar-refractivity contribution in [1.82, 2.24) is 15.5 Å². The summed E-state index contributed by atoms with van der Waals surface area (Å²) in [4.78, 5) is 12.8. The molecule has 4 nitrogen and oxygen atoms in total. The number of amides is 1. The molecule has 1 amide bonds. The van der Waals surface area contributed by atoms with Crippen molar-refractivity contribution in [2.24, 2.45) is 5.41 Å². The number of aromatic nitrogens is 2. The van der Waals surface area contributed by atoms with Crippen molar-refractivity contribution in [3.8, 4) is 0 Å². The summed E-state index contributed by atoms with van der Waals surface area (Å²) < 4.78 is 0. The van der Waals surface area contributed by atoms with Crippen molar-refractivity contribution in [1.29, 1.82) is 0 Å². The average Bonchev–Trinajstić information content (AvgIpc) is 2.86. The molecule has 3 rings (SSSR count). The van der Waals surface area contributed by atoms with Gasteiger partial charge in [0.1, 0.15) is 0 Å². The van der Waals surface area contributed by atoms with Gasteiger partial charge in [-0.1, -0.05) is 43.7 Å². The SMILES string of the molecule is Cc1ccc([C@]2(C(=O)NCCc3cn[nH]c3)CC2(C)C)cc1. The summed E-state index contributed by atoms with van der Waals surface area (Å²) in [7, 11) is 0. The Balaban J connectivity index is 1.71. The van der Waals surface area contributed by atoms with E-state index in [1.807, 2.05) is 6.20 Å². The summed E-state index contributed by atoms with van der Waals surface area (Å²) in [5.74, 6) is 0.143. The molecule has 0 bridgehead atoms. The molecule has 4 heteroatoms. The van der Waals surface area contributed by atoms with Gasteiger partial charge in [0.05, 0.1) is 11.6 Å². The van der Waals surface area contributed by atoms with Crippen LogP contribution in [0.5, 0.6) is 0 Å². The second-order valence-corrected chi connectivity index (χ2v) is 6.94. The highest BCUT2D eigenvalue weighted by Crippen LogP contribution is 2.64. The van der Waals surface area contributed by atoms with Gasteiger partial charge >= 0.3 is 0 Å². The molecule has 0 radical (unpaired) electrons. The Bertz CT molecular complexity index is 658. The average molecular weight is 297 g/mol. The van der Waals surface area contributed by atoms with E-state index in [2.05, 4.69) is 60.6 Å². The molecule has 1 aromatic heterocycles. The molecule has 1 fully saturated rings. The number of aromatic amines is 1. The Morgan fingerprint density at radius 2 is 2.00 bits per heavy atom. The monoisotopic (exact) mass is 297 g/mol. The van der Waals surface area contributed by atoms with Crippen molar-refractivity contribution in [3.05, 3.63) is 53.3 Å². The fourth-order valence-electron chi connectivity index (χ4n) is 3.35. The second-order valence-electron chi connectivity index (χ2n) is 6.94. The first-order valence-corrected chi connectivity index (χ1v) is 7.79. The van der Waals surface area contributed by atoms with Gasteiger partial charge in [-0.25, -0.2) is 0 Å². The predicted molar refractivity (Wildman–Crippen MR) is 86.6 cm³/mol. The molecule has 1 aromatic carbocycles. The molecular formula is C18H23N3O. The topological polar surface area (TPSA) is 57.8 Å². The van der Waals surface area contributed by atoms with Crippen LogP contribution in [-0.4, -0.2) is 22.6 Å². The largest absolute Gasteiger partial charge is 0.355 e. The van der Waals surface area contributed by atoms with Crippen molar-refractivity contribution in [3.63, 3.8) is 0 Å². The number of hydrogen-bond donors (Lipinski definition) is 2. The molecule has 0 spiro atoms.